The fraction of sp³-hybridized carbons (Fsp3) is 0.100. The number of phenolic OH excluding ortho intramolecular Hbond substituents is 1. The third-order valence-electron chi connectivity index (χ3n) is 2.12. The van der Waals surface area contributed by atoms with Crippen LogP contribution in [0.15, 0.2) is 24.5 Å². The molecule has 6 heteroatoms. The first-order valence-electron chi connectivity index (χ1n) is 4.63. The Morgan fingerprint density at radius 1 is 1.50 bits per heavy atom. The highest BCUT2D eigenvalue weighted by Crippen LogP contribution is 2.17. The number of anilines is 1. The minimum absolute atomic E-state index is 0.0882. The van der Waals surface area contributed by atoms with E-state index in [9.17, 15) is 9.90 Å². The van der Waals surface area contributed by atoms with Gasteiger partial charge < -0.3 is 5.11 Å². The second kappa shape index (κ2) is 4.01. The summed E-state index contributed by atoms with van der Waals surface area (Å²) in [7, 11) is 0. The van der Waals surface area contributed by atoms with E-state index in [0.717, 1.165) is 5.56 Å². The van der Waals surface area contributed by atoms with E-state index in [1.165, 1.54) is 12.4 Å². The number of nitrogens with zero attached hydrogens (tertiary/aromatic N) is 2. The molecule has 0 fully saturated rings. The van der Waals surface area contributed by atoms with Crippen LogP contribution >= 0.6 is 0 Å². The summed E-state index contributed by atoms with van der Waals surface area (Å²) in [5.74, 6) is 0.00216. The summed E-state index contributed by atoms with van der Waals surface area (Å²) in [6.45, 7) is 1.76. The zero-order valence-corrected chi connectivity index (χ0v) is 8.56. The van der Waals surface area contributed by atoms with Crippen molar-refractivity contribution >= 4 is 11.9 Å². The van der Waals surface area contributed by atoms with Crippen LogP contribution in [0.4, 0.5) is 5.95 Å². The fourth-order valence-corrected chi connectivity index (χ4v) is 1.20. The predicted octanol–water partition coefficient (Wildman–Crippen LogP) is 1.07. The van der Waals surface area contributed by atoms with Gasteiger partial charge in [0.1, 0.15) is 12.1 Å². The van der Waals surface area contributed by atoms with Crippen LogP contribution in [-0.4, -0.2) is 26.2 Å². The normalized spacial score (nSPS) is 10.1. The molecule has 0 aliphatic rings. The van der Waals surface area contributed by atoms with Gasteiger partial charge >= 0.3 is 0 Å². The summed E-state index contributed by atoms with van der Waals surface area (Å²) in [6, 6.07) is 4.70. The van der Waals surface area contributed by atoms with Crippen LogP contribution in [0, 0.1) is 6.92 Å². The molecule has 3 N–H and O–H groups in total. The number of benzene rings is 1. The Morgan fingerprint density at radius 3 is 2.94 bits per heavy atom. The van der Waals surface area contributed by atoms with E-state index in [1.54, 1.807) is 19.1 Å². The molecule has 0 radical (unpaired) electrons. The van der Waals surface area contributed by atoms with E-state index >= 15 is 0 Å². The second-order valence-corrected chi connectivity index (χ2v) is 3.29. The zero-order chi connectivity index (χ0) is 11.5. The third kappa shape index (κ3) is 2.00. The van der Waals surface area contributed by atoms with Gasteiger partial charge in [0, 0.05) is 5.56 Å². The number of aromatic nitrogens is 3. The molecule has 6 nitrogen and oxygen atoms in total. The van der Waals surface area contributed by atoms with Crippen LogP contribution < -0.4 is 5.32 Å². The van der Waals surface area contributed by atoms with Gasteiger partial charge in [-0.05, 0) is 24.6 Å². The number of carbonyl (C=O) groups is 1. The fourth-order valence-electron chi connectivity index (χ4n) is 1.20. The highest BCUT2D eigenvalue weighted by Gasteiger charge is 2.08. The number of phenols is 1. The van der Waals surface area contributed by atoms with Crippen molar-refractivity contribution in [3.63, 3.8) is 0 Å². The molecule has 0 atom stereocenters. The van der Waals surface area contributed by atoms with Crippen LogP contribution in [-0.2, 0) is 0 Å². The van der Waals surface area contributed by atoms with E-state index < -0.39 is 0 Å². The van der Waals surface area contributed by atoms with E-state index in [0.29, 0.717) is 5.56 Å². The average molecular weight is 218 g/mol. The lowest BCUT2D eigenvalue weighted by molar-refractivity contribution is 0.102. The largest absolute Gasteiger partial charge is 0.508 e. The minimum atomic E-state index is -0.355. The lowest BCUT2D eigenvalue weighted by atomic mass is 10.1. The van der Waals surface area contributed by atoms with E-state index in [4.69, 9.17) is 0 Å². The number of amides is 1. The average Bonchev–Trinajstić information content (AvgIpc) is 2.74. The molecule has 1 aromatic heterocycles. The first kappa shape index (κ1) is 10.2. The van der Waals surface area contributed by atoms with Gasteiger partial charge in [0.05, 0.1) is 0 Å². The van der Waals surface area contributed by atoms with Gasteiger partial charge in [-0.1, -0.05) is 6.07 Å². The summed E-state index contributed by atoms with van der Waals surface area (Å²) < 4.78 is 0. The zero-order valence-electron chi connectivity index (χ0n) is 8.56. The Morgan fingerprint density at radius 2 is 2.31 bits per heavy atom. The van der Waals surface area contributed by atoms with Crippen molar-refractivity contribution in [3.05, 3.63) is 35.7 Å². The second-order valence-electron chi connectivity index (χ2n) is 3.29. The van der Waals surface area contributed by atoms with Crippen molar-refractivity contribution < 1.29 is 9.90 Å². The van der Waals surface area contributed by atoms with Crippen molar-refractivity contribution in [2.75, 3.05) is 5.32 Å². The molecular weight excluding hydrogens is 208 g/mol. The maximum absolute atomic E-state index is 11.7. The highest BCUT2D eigenvalue weighted by atomic mass is 16.3. The van der Waals surface area contributed by atoms with Crippen LogP contribution in [0.5, 0.6) is 5.75 Å². The smallest absolute Gasteiger partial charge is 0.258 e. The molecule has 1 heterocycles. The number of aromatic hydroxyl groups is 1. The number of aromatic amines is 1. The van der Waals surface area contributed by atoms with Gasteiger partial charge in [-0.25, -0.2) is 5.10 Å². The Bertz CT molecular complexity index is 508. The molecule has 0 saturated carbocycles. The quantitative estimate of drug-likeness (QED) is 0.703. The van der Waals surface area contributed by atoms with Gasteiger partial charge in [0.25, 0.3) is 5.91 Å². The number of nitrogens with one attached hydrogen (secondary N) is 2. The van der Waals surface area contributed by atoms with Crippen LogP contribution in [0.2, 0.25) is 0 Å². The van der Waals surface area contributed by atoms with Crippen molar-refractivity contribution in [1.29, 1.82) is 0 Å². The van der Waals surface area contributed by atoms with Crippen molar-refractivity contribution in [3.8, 4) is 5.75 Å². The topological polar surface area (TPSA) is 90.9 Å². The van der Waals surface area contributed by atoms with Gasteiger partial charge in [0.2, 0.25) is 5.95 Å². The summed E-state index contributed by atoms with van der Waals surface area (Å²) >= 11 is 0. The molecule has 1 amide bonds. The lowest BCUT2D eigenvalue weighted by Crippen LogP contribution is -2.12. The van der Waals surface area contributed by atoms with E-state index in [2.05, 4.69) is 20.5 Å². The maximum atomic E-state index is 11.7. The molecular formula is C10H10N4O2. The number of H-pyrrole nitrogens is 1. The molecule has 0 aliphatic heterocycles. The van der Waals surface area contributed by atoms with Gasteiger partial charge in [-0.3, -0.25) is 10.1 Å². The monoisotopic (exact) mass is 218 g/mol. The SMILES string of the molecule is Cc1ccc(C(=O)Nc2ncn[nH]2)cc1O. The molecule has 16 heavy (non-hydrogen) atoms. The number of rotatable bonds is 2. The van der Waals surface area contributed by atoms with Gasteiger partial charge in [0.15, 0.2) is 0 Å². The Balaban J connectivity index is 2.18. The number of hydrogen-bond acceptors (Lipinski definition) is 4. The molecule has 0 unspecified atom stereocenters. The molecule has 0 saturated heterocycles. The van der Waals surface area contributed by atoms with Gasteiger partial charge in [-0.2, -0.15) is 10.1 Å². The lowest BCUT2D eigenvalue weighted by Gasteiger charge is -2.03. The first-order valence-corrected chi connectivity index (χ1v) is 4.63. The molecule has 82 valence electrons. The predicted molar refractivity (Wildman–Crippen MR) is 57.2 cm³/mol. The molecule has 0 bridgehead atoms. The Hall–Kier alpha value is -2.37. The minimum Gasteiger partial charge on any atom is -0.508 e. The van der Waals surface area contributed by atoms with Gasteiger partial charge in [-0.15, -0.1) is 0 Å². The van der Waals surface area contributed by atoms with Crippen LogP contribution in [0.1, 0.15) is 15.9 Å². The number of carbonyl (C=O) groups excluding carboxylic acids is 1. The molecule has 1 aromatic carbocycles. The third-order valence-corrected chi connectivity index (χ3v) is 2.12. The standard InChI is InChI=1S/C10H10N4O2/c1-6-2-3-7(4-8(6)15)9(16)13-10-11-5-12-14-10/h2-5,15H,1H3,(H2,11,12,13,14,16). The summed E-state index contributed by atoms with van der Waals surface area (Å²) in [4.78, 5) is 15.4. The maximum Gasteiger partial charge on any atom is 0.258 e. The molecule has 0 aliphatic carbocycles. The Labute approximate surface area is 91.3 Å². The van der Waals surface area contributed by atoms with E-state index in [-0.39, 0.29) is 17.6 Å². The summed E-state index contributed by atoms with van der Waals surface area (Å²) in [5.41, 5.74) is 1.08. The van der Waals surface area contributed by atoms with Crippen molar-refractivity contribution in [2.24, 2.45) is 0 Å². The first-order chi connectivity index (χ1) is 7.66. The highest BCUT2D eigenvalue weighted by molar-refractivity contribution is 6.03. The van der Waals surface area contributed by atoms with Crippen LogP contribution in [0.25, 0.3) is 0 Å². The van der Waals surface area contributed by atoms with Crippen molar-refractivity contribution in [2.45, 2.75) is 6.92 Å². The van der Waals surface area contributed by atoms with Crippen molar-refractivity contribution in [1.82, 2.24) is 15.2 Å². The summed E-state index contributed by atoms with van der Waals surface area (Å²) in [5, 5.41) is 18.1. The Kier molecular flexibility index (Phi) is 2.55. The number of aryl methyl sites for hydroxylation is 1. The number of hydrogen-bond donors (Lipinski definition) is 3. The molecule has 0 spiro atoms. The summed E-state index contributed by atoms with van der Waals surface area (Å²) in [6.07, 6.45) is 1.29. The molecule has 2 aromatic rings. The van der Waals surface area contributed by atoms with E-state index in [1.807, 2.05) is 0 Å². The van der Waals surface area contributed by atoms with Crippen LogP contribution in [0.3, 0.4) is 0 Å². The molecule has 2 rings (SSSR count).